The molecule has 1 saturated carbocycles. The molecular formula is C13H24BrNO. The van der Waals surface area contributed by atoms with Gasteiger partial charge in [0.05, 0.1) is 6.10 Å². The first-order chi connectivity index (χ1) is 7.90. The molecule has 0 aromatic heterocycles. The van der Waals surface area contributed by atoms with Crippen molar-refractivity contribution in [3.8, 4) is 0 Å². The molecule has 94 valence electrons. The molecule has 1 heterocycles. The molecule has 0 bridgehead atoms. The highest BCUT2D eigenvalue weighted by atomic mass is 79.9. The highest BCUT2D eigenvalue weighted by Gasteiger charge is 2.24. The summed E-state index contributed by atoms with van der Waals surface area (Å²) in [5.41, 5.74) is 0. The summed E-state index contributed by atoms with van der Waals surface area (Å²) in [7, 11) is 0. The first-order valence-electron chi connectivity index (χ1n) is 6.82. The van der Waals surface area contributed by atoms with E-state index in [0.29, 0.717) is 6.10 Å². The van der Waals surface area contributed by atoms with Gasteiger partial charge >= 0.3 is 0 Å². The van der Waals surface area contributed by atoms with Gasteiger partial charge < -0.3 is 4.74 Å². The van der Waals surface area contributed by atoms with Gasteiger partial charge in [0.25, 0.3) is 0 Å². The van der Waals surface area contributed by atoms with Gasteiger partial charge in [-0.25, -0.2) is 0 Å². The van der Waals surface area contributed by atoms with E-state index in [1.165, 1.54) is 58.0 Å². The third kappa shape index (κ3) is 3.71. The number of hydrogen-bond acceptors (Lipinski definition) is 2. The number of alkyl halides is 1. The Morgan fingerprint density at radius 2 is 2.00 bits per heavy atom. The van der Waals surface area contributed by atoms with E-state index >= 15 is 0 Å². The minimum atomic E-state index is 0.576. The lowest BCUT2D eigenvalue weighted by atomic mass is 9.91. The molecule has 1 aliphatic carbocycles. The summed E-state index contributed by atoms with van der Waals surface area (Å²) >= 11 is 3.56. The van der Waals surface area contributed by atoms with Crippen molar-refractivity contribution in [3.05, 3.63) is 0 Å². The summed E-state index contributed by atoms with van der Waals surface area (Å²) in [6.45, 7) is 3.49. The van der Waals surface area contributed by atoms with E-state index in [-0.39, 0.29) is 0 Å². The van der Waals surface area contributed by atoms with Gasteiger partial charge in [-0.3, -0.25) is 4.90 Å². The van der Waals surface area contributed by atoms with Crippen LogP contribution >= 0.6 is 15.9 Å². The van der Waals surface area contributed by atoms with Crippen LogP contribution in [0.4, 0.5) is 0 Å². The summed E-state index contributed by atoms with van der Waals surface area (Å²) in [5, 5.41) is 1.11. The second-order valence-corrected chi connectivity index (χ2v) is 5.88. The first kappa shape index (κ1) is 12.8. The molecule has 1 unspecified atom stereocenters. The van der Waals surface area contributed by atoms with Gasteiger partial charge in [-0.05, 0) is 45.1 Å². The molecule has 1 saturated heterocycles. The highest BCUT2D eigenvalue weighted by Crippen LogP contribution is 2.25. The van der Waals surface area contributed by atoms with E-state index < -0.39 is 0 Å². The molecular weight excluding hydrogens is 266 g/mol. The molecule has 1 aliphatic heterocycles. The second kappa shape index (κ2) is 6.97. The van der Waals surface area contributed by atoms with E-state index in [0.717, 1.165) is 18.0 Å². The zero-order valence-corrected chi connectivity index (χ0v) is 11.8. The monoisotopic (exact) mass is 289 g/mol. The van der Waals surface area contributed by atoms with Crippen LogP contribution in [0.25, 0.3) is 0 Å². The molecule has 2 rings (SSSR count). The summed E-state index contributed by atoms with van der Waals surface area (Å²) in [6, 6.07) is 0.891. The Labute approximate surface area is 108 Å². The maximum atomic E-state index is 5.67. The van der Waals surface area contributed by atoms with Crippen molar-refractivity contribution in [2.24, 2.45) is 0 Å². The van der Waals surface area contributed by atoms with Crippen LogP contribution in [0.2, 0.25) is 0 Å². The maximum absolute atomic E-state index is 5.67. The van der Waals surface area contributed by atoms with E-state index in [1.54, 1.807) is 0 Å². The van der Waals surface area contributed by atoms with Crippen molar-refractivity contribution < 1.29 is 4.74 Å². The molecule has 0 aromatic carbocycles. The van der Waals surface area contributed by atoms with Crippen molar-refractivity contribution in [3.63, 3.8) is 0 Å². The number of ether oxygens (including phenoxy) is 1. The Hall–Kier alpha value is 0.400. The number of halogens is 1. The van der Waals surface area contributed by atoms with Gasteiger partial charge in [-0.2, -0.15) is 0 Å². The maximum Gasteiger partial charge on any atom is 0.0576 e. The summed E-state index contributed by atoms with van der Waals surface area (Å²) in [6.07, 6.45) is 10.0. The number of hydrogen-bond donors (Lipinski definition) is 0. The quantitative estimate of drug-likeness (QED) is 0.668. The predicted molar refractivity (Wildman–Crippen MR) is 71.2 cm³/mol. The van der Waals surface area contributed by atoms with Crippen molar-refractivity contribution >= 4 is 15.9 Å². The Kier molecular flexibility index (Phi) is 5.60. The van der Waals surface area contributed by atoms with Crippen LogP contribution in [0.15, 0.2) is 0 Å². The third-order valence-corrected chi connectivity index (χ3v) is 4.31. The van der Waals surface area contributed by atoms with Crippen molar-refractivity contribution in [1.29, 1.82) is 0 Å². The zero-order valence-electron chi connectivity index (χ0n) is 10.2. The third-order valence-electron chi connectivity index (χ3n) is 3.96. The lowest BCUT2D eigenvalue weighted by Gasteiger charge is -2.37. The molecule has 0 N–H and O–H groups in total. The van der Waals surface area contributed by atoms with Crippen molar-refractivity contribution in [1.82, 2.24) is 4.90 Å². The van der Waals surface area contributed by atoms with Crippen molar-refractivity contribution in [2.45, 2.75) is 57.1 Å². The van der Waals surface area contributed by atoms with E-state index in [4.69, 9.17) is 4.74 Å². The van der Waals surface area contributed by atoms with Crippen LogP contribution in [-0.2, 0) is 4.74 Å². The van der Waals surface area contributed by atoms with Gasteiger partial charge in [-0.1, -0.05) is 22.4 Å². The Balaban J connectivity index is 1.60. The second-order valence-electron chi connectivity index (χ2n) is 5.09. The molecule has 1 atom stereocenters. The van der Waals surface area contributed by atoms with Gasteiger partial charge in [0, 0.05) is 24.5 Å². The summed E-state index contributed by atoms with van der Waals surface area (Å²) in [5.74, 6) is 0. The van der Waals surface area contributed by atoms with E-state index in [2.05, 4.69) is 20.8 Å². The molecule has 0 amide bonds. The van der Waals surface area contributed by atoms with Crippen LogP contribution in [0.1, 0.15) is 44.9 Å². The van der Waals surface area contributed by atoms with Gasteiger partial charge in [0.1, 0.15) is 0 Å². The van der Waals surface area contributed by atoms with Gasteiger partial charge in [-0.15, -0.1) is 0 Å². The van der Waals surface area contributed by atoms with Gasteiger partial charge in [0.15, 0.2) is 0 Å². The van der Waals surface area contributed by atoms with Gasteiger partial charge in [0.2, 0.25) is 0 Å². The molecule has 0 spiro atoms. The normalized spacial score (nSPS) is 26.2. The topological polar surface area (TPSA) is 12.5 Å². The molecule has 16 heavy (non-hydrogen) atoms. The standard InChI is InChI=1S/C13H24BrNO/c14-8-10-15(12-4-1-5-12)9-2-6-13-7-3-11-16-13/h12-13H,1-11H2. The minimum absolute atomic E-state index is 0.576. The lowest BCUT2D eigenvalue weighted by molar-refractivity contribution is 0.0893. The first-order valence-corrected chi connectivity index (χ1v) is 7.94. The zero-order chi connectivity index (χ0) is 11.2. The Morgan fingerprint density at radius 3 is 2.56 bits per heavy atom. The fraction of sp³-hybridized carbons (Fsp3) is 1.00. The average molecular weight is 290 g/mol. The molecule has 2 aliphatic rings. The minimum Gasteiger partial charge on any atom is -0.378 e. The SMILES string of the molecule is BrCCN(CCCC1CCCO1)C1CCC1. The van der Waals surface area contributed by atoms with Crippen LogP contribution in [0.5, 0.6) is 0 Å². The molecule has 0 aromatic rings. The average Bonchev–Trinajstić information content (AvgIpc) is 2.68. The fourth-order valence-electron chi connectivity index (χ4n) is 2.73. The van der Waals surface area contributed by atoms with Crippen LogP contribution in [0.3, 0.4) is 0 Å². The van der Waals surface area contributed by atoms with Crippen LogP contribution in [0, 0.1) is 0 Å². The number of nitrogens with zero attached hydrogens (tertiary/aromatic N) is 1. The van der Waals surface area contributed by atoms with E-state index in [9.17, 15) is 0 Å². The predicted octanol–water partition coefficient (Wildman–Crippen LogP) is 3.20. The highest BCUT2D eigenvalue weighted by molar-refractivity contribution is 9.09. The van der Waals surface area contributed by atoms with E-state index in [1.807, 2.05) is 0 Å². The summed E-state index contributed by atoms with van der Waals surface area (Å²) < 4.78 is 5.67. The smallest absolute Gasteiger partial charge is 0.0576 e. The summed E-state index contributed by atoms with van der Waals surface area (Å²) in [4.78, 5) is 2.67. The largest absolute Gasteiger partial charge is 0.378 e. The van der Waals surface area contributed by atoms with Crippen LogP contribution in [-0.4, -0.2) is 42.1 Å². The van der Waals surface area contributed by atoms with Crippen LogP contribution < -0.4 is 0 Å². The fourth-order valence-corrected chi connectivity index (χ4v) is 3.19. The lowest BCUT2D eigenvalue weighted by Crippen LogP contribution is -2.41. The molecule has 2 fully saturated rings. The van der Waals surface area contributed by atoms with Crippen molar-refractivity contribution in [2.75, 3.05) is 25.0 Å². The Morgan fingerprint density at radius 1 is 1.12 bits per heavy atom. The number of rotatable bonds is 7. The molecule has 0 radical (unpaired) electrons. The Bertz CT molecular complexity index is 190. The molecule has 3 heteroatoms. The molecule has 2 nitrogen and oxygen atoms in total.